The van der Waals surface area contributed by atoms with Crippen molar-refractivity contribution in [2.75, 3.05) is 38.3 Å². The predicted octanol–water partition coefficient (Wildman–Crippen LogP) is 4.64. The molecule has 0 aromatic heterocycles. The third-order valence-corrected chi connectivity index (χ3v) is 10.6. The molecule has 0 radical (unpaired) electrons. The molecule has 3 heterocycles. The fourth-order valence-corrected chi connectivity index (χ4v) is 7.25. The number of benzene rings is 1. The van der Waals surface area contributed by atoms with E-state index >= 15 is 0 Å². The molecule has 0 aliphatic carbocycles. The summed E-state index contributed by atoms with van der Waals surface area (Å²) >= 11 is 0. The average Bonchev–Trinajstić information content (AvgIpc) is 3.22. The largest absolute Gasteiger partial charge is 0.380 e. The molecule has 0 saturated carbocycles. The van der Waals surface area contributed by atoms with E-state index in [1.54, 1.807) is 25.3 Å². The van der Waals surface area contributed by atoms with Crippen LogP contribution in [0.25, 0.3) is 6.08 Å². The normalized spacial score (nSPS) is 20.0. The zero-order chi connectivity index (χ0) is 30.5. The minimum atomic E-state index is -3.68. The Kier molecular flexibility index (Phi) is 10.2. The summed E-state index contributed by atoms with van der Waals surface area (Å²) in [7, 11) is -2.09. The number of carbonyl (C=O) groups is 2. The number of nitrogens with one attached hydrogen (secondary N) is 1. The molecule has 4 rings (SSSR count). The van der Waals surface area contributed by atoms with E-state index in [1.165, 1.54) is 46.7 Å². The van der Waals surface area contributed by atoms with Crippen LogP contribution in [0.4, 0.5) is 10.5 Å². The highest BCUT2D eigenvalue weighted by Gasteiger charge is 2.46. The van der Waals surface area contributed by atoms with Crippen molar-refractivity contribution in [3.8, 4) is 0 Å². The molecule has 42 heavy (non-hydrogen) atoms. The van der Waals surface area contributed by atoms with Gasteiger partial charge in [-0.1, -0.05) is 39.0 Å². The first-order valence-electron chi connectivity index (χ1n) is 15.1. The number of aliphatic imine (C=N–C) groups is 1. The van der Waals surface area contributed by atoms with Gasteiger partial charge in [0, 0.05) is 43.1 Å². The Hall–Kier alpha value is -2.76. The highest BCUT2D eigenvalue weighted by atomic mass is 32.2. The fraction of sp³-hybridized carbons (Fsp3) is 0.645. The topological polar surface area (TPSA) is 134 Å². The highest BCUT2D eigenvalue weighted by molar-refractivity contribution is 7.92. The van der Waals surface area contributed by atoms with Crippen molar-refractivity contribution < 1.29 is 22.7 Å². The summed E-state index contributed by atoms with van der Waals surface area (Å²) in [6, 6.07) is 3.04. The van der Waals surface area contributed by atoms with E-state index in [-0.39, 0.29) is 19.0 Å². The number of rotatable bonds is 13. The van der Waals surface area contributed by atoms with E-state index < -0.39 is 21.6 Å². The van der Waals surface area contributed by atoms with E-state index in [9.17, 15) is 18.0 Å². The Labute approximate surface area is 250 Å². The maximum absolute atomic E-state index is 13.2. The van der Waals surface area contributed by atoms with Gasteiger partial charge in [-0.25, -0.2) is 13.2 Å². The summed E-state index contributed by atoms with van der Waals surface area (Å²) in [5, 5.41) is 4.20. The number of amides is 3. The van der Waals surface area contributed by atoms with Gasteiger partial charge in [0.1, 0.15) is 11.4 Å². The van der Waals surface area contributed by atoms with Crippen LogP contribution in [0.3, 0.4) is 0 Å². The molecule has 0 atom stereocenters. The smallest absolute Gasteiger partial charge is 0.318 e. The number of sulfonamides is 1. The first-order valence-corrected chi connectivity index (χ1v) is 16.7. The quantitative estimate of drug-likeness (QED) is 0.318. The Morgan fingerprint density at radius 1 is 1.10 bits per heavy atom. The molecule has 11 heteroatoms. The molecule has 3 N–H and O–H groups in total. The third-order valence-electron chi connectivity index (χ3n) is 8.99. The number of nitrogens with two attached hydrogens (primary N) is 1. The lowest BCUT2D eigenvalue weighted by Crippen LogP contribution is -2.50. The van der Waals surface area contributed by atoms with E-state index in [2.05, 4.69) is 12.2 Å². The lowest BCUT2D eigenvalue weighted by Gasteiger charge is -2.38. The number of amidine groups is 1. The van der Waals surface area contributed by atoms with Gasteiger partial charge < -0.3 is 15.8 Å². The van der Waals surface area contributed by atoms with Crippen LogP contribution in [0.15, 0.2) is 22.5 Å². The van der Waals surface area contributed by atoms with E-state index in [4.69, 9.17) is 15.5 Å². The SMILES string of the molecule is Cc1cc(N(C)C(N)=O)cc(C)c1/C=C/S(=O)(=O)N1CCC2(CC1)N=C(CCCCCCCCC1(C)COC1)NC2=O. The van der Waals surface area contributed by atoms with E-state index in [0.717, 1.165) is 55.0 Å². The molecule has 232 valence electrons. The van der Waals surface area contributed by atoms with Crippen molar-refractivity contribution in [2.45, 2.75) is 90.5 Å². The van der Waals surface area contributed by atoms with Gasteiger partial charge in [0.25, 0.3) is 5.91 Å². The van der Waals surface area contributed by atoms with Crippen LogP contribution in [-0.4, -0.2) is 69.4 Å². The second-order valence-electron chi connectivity index (χ2n) is 12.6. The second-order valence-corrected chi connectivity index (χ2v) is 14.4. The van der Waals surface area contributed by atoms with Crippen molar-refractivity contribution in [3.63, 3.8) is 0 Å². The van der Waals surface area contributed by atoms with Gasteiger partial charge in [-0.15, -0.1) is 0 Å². The van der Waals surface area contributed by atoms with Crippen molar-refractivity contribution in [1.82, 2.24) is 9.62 Å². The highest BCUT2D eigenvalue weighted by Crippen LogP contribution is 2.34. The molecule has 3 amide bonds. The van der Waals surface area contributed by atoms with Gasteiger partial charge in [0.05, 0.1) is 13.2 Å². The van der Waals surface area contributed by atoms with Crippen molar-refractivity contribution in [1.29, 1.82) is 0 Å². The molecular weight excluding hydrogens is 554 g/mol. The van der Waals surface area contributed by atoms with E-state index in [1.807, 2.05) is 13.8 Å². The lowest BCUT2D eigenvalue weighted by molar-refractivity contribution is -0.124. The van der Waals surface area contributed by atoms with Gasteiger partial charge in [-0.2, -0.15) is 4.31 Å². The van der Waals surface area contributed by atoms with Crippen LogP contribution in [0, 0.1) is 19.3 Å². The van der Waals surface area contributed by atoms with Gasteiger partial charge in [-0.3, -0.25) is 14.7 Å². The molecule has 1 aromatic carbocycles. The summed E-state index contributed by atoms with van der Waals surface area (Å²) in [5.74, 6) is 0.635. The molecule has 0 bridgehead atoms. The number of hydrogen-bond acceptors (Lipinski definition) is 6. The van der Waals surface area contributed by atoms with Gasteiger partial charge >= 0.3 is 6.03 Å². The number of urea groups is 1. The van der Waals surface area contributed by atoms with Crippen LogP contribution in [-0.2, 0) is 19.6 Å². The van der Waals surface area contributed by atoms with Crippen LogP contribution in [0.5, 0.6) is 0 Å². The maximum atomic E-state index is 13.2. The van der Waals surface area contributed by atoms with Crippen molar-refractivity contribution >= 4 is 39.6 Å². The van der Waals surface area contributed by atoms with Crippen molar-refractivity contribution in [3.05, 3.63) is 34.2 Å². The fourth-order valence-electron chi connectivity index (χ4n) is 6.07. The number of ether oxygens (including phenoxy) is 1. The van der Waals surface area contributed by atoms with E-state index in [0.29, 0.717) is 23.9 Å². The zero-order valence-corrected chi connectivity index (χ0v) is 26.4. The minimum absolute atomic E-state index is 0.106. The summed E-state index contributed by atoms with van der Waals surface area (Å²) in [6.07, 6.45) is 11.4. The molecule has 2 saturated heterocycles. The van der Waals surface area contributed by atoms with Crippen LogP contribution >= 0.6 is 0 Å². The minimum Gasteiger partial charge on any atom is -0.380 e. The monoisotopic (exact) mass is 601 g/mol. The van der Waals surface area contributed by atoms with Crippen molar-refractivity contribution in [2.24, 2.45) is 16.1 Å². The summed E-state index contributed by atoms with van der Waals surface area (Å²) < 4.78 is 33.1. The zero-order valence-electron chi connectivity index (χ0n) is 25.6. The van der Waals surface area contributed by atoms with Gasteiger partial charge in [0.15, 0.2) is 0 Å². The number of primary amides is 1. The molecule has 10 nitrogen and oxygen atoms in total. The summed E-state index contributed by atoms with van der Waals surface area (Å²) in [4.78, 5) is 30.5. The average molecular weight is 602 g/mol. The van der Waals surface area contributed by atoms with Gasteiger partial charge in [0.2, 0.25) is 10.0 Å². The first-order chi connectivity index (χ1) is 19.8. The Morgan fingerprint density at radius 2 is 1.69 bits per heavy atom. The molecule has 1 aromatic rings. The molecule has 0 unspecified atom stereocenters. The number of nitrogens with zero attached hydrogens (tertiary/aromatic N) is 3. The number of anilines is 1. The first kappa shape index (κ1) is 32.2. The molecule has 2 fully saturated rings. The summed E-state index contributed by atoms with van der Waals surface area (Å²) in [6.45, 7) is 8.32. The third kappa shape index (κ3) is 7.60. The Bertz CT molecular complexity index is 1300. The molecule has 3 aliphatic rings. The van der Waals surface area contributed by atoms with Crippen LogP contribution in [0.2, 0.25) is 0 Å². The molecule has 3 aliphatic heterocycles. The van der Waals surface area contributed by atoms with Gasteiger partial charge in [-0.05, 0) is 74.4 Å². The van der Waals surface area contributed by atoms with Crippen LogP contribution < -0.4 is 16.0 Å². The predicted molar refractivity (Wildman–Crippen MR) is 167 cm³/mol. The Morgan fingerprint density at radius 3 is 2.26 bits per heavy atom. The number of unbranched alkanes of at least 4 members (excludes halogenated alkanes) is 5. The molecular formula is C31H47N5O5S. The number of piperidine rings is 1. The molecule has 1 spiro atoms. The number of hydrogen-bond donors (Lipinski definition) is 2. The van der Waals surface area contributed by atoms with Crippen LogP contribution in [0.1, 0.15) is 87.8 Å². The maximum Gasteiger partial charge on any atom is 0.318 e. The lowest BCUT2D eigenvalue weighted by atomic mass is 9.83. The number of aryl methyl sites for hydroxylation is 2. The summed E-state index contributed by atoms with van der Waals surface area (Å²) in [5.41, 5.74) is 8.01. The standard InChI is InChI=1S/C31H47N5O5S/c1-23-19-25(35(4)29(32)38)20-24(2)26(23)12-18-42(39,40)36-16-14-31(15-17-36)28(37)33-27(34-31)11-9-7-5-6-8-10-13-30(3)21-41-22-30/h12,18-20H,5-11,13-17,21-22H2,1-4H3,(H2,32,38)(H,33,34,37)/b18-12+. The Balaban J connectivity index is 1.24. The number of carbonyl (C=O) groups excluding carboxylic acids is 2. The second kappa shape index (κ2) is 13.3.